The van der Waals surface area contributed by atoms with Gasteiger partial charge in [-0.2, -0.15) is 0 Å². The Morgan fingerprint density at radius 2 is 1.87 bits per heavy atom. The topological polar surface area (TPSA) is 79.5 Å². The predicted molar refractivity (Wildman–Crippen MR) is 76.6 cm³/mol. The number of amides is 3. The maximum Gasteiger partial charge on any atom is 0.573 e. The Morgan fingerprint density at radius 3 is 2.48 bits per heavy atom. The highest BCUT2D eigenvalue weighted by atomic mass is 19.4. The summed E-state index contributed by atoms with van der Waals surface area (Å²) < 4.78 is 40.7. The molecule has 3 amide bonds. The largest absolute Gasteiger partial charge is 0.573 e. The number of carbonyl (C=O) groups excluding carboxylic acids is 2. The number of alkyl halides is 3. The number of likely N-dealkylation sites (N-methyl/N-ethyl adjacent to an activating group) is 1. The van der Waals surface area contributed by atoms with Crippen molar-refractivity contribution in [3.05, 3.63) is 29.8 Å². The van der Waals surface area contributed by atoms with Crippen LogP contribution in [0.3, 0.4) is 0 Å². The summed E-state index contributed by atoms with van der Waals surface area (Å²) >= 11 is 0. The Balaban J connectivity index is 2.58. The Labute approximate surface area is 131 Å². The molecular weight excluding hydrogens is 315 g/mol. The third kappa shape index (κ3) is 6.90. The van der Waals surface area contributed by atoms with Crippen molar-refractivity contribution in [3.63, 3.8) is 0 Å². The van der Waals surface area contributed by atoms with Crippen LogP contribution in [0.15, 0.2) is 24.3 Å². The zero-order valence-corrected chi connectivity index (χ0v) is 12.7. The van der Waals surface area contributed by atoms with E-state index in [0.717, 1.165) is 6.07 Å². The van der Waals surface area contributed by atoms with Gasteiger partial charge in [0, 0.05) is 18.7 Å². The Hall–Kier alpha value is -2.45. The molecule has 0 radical (unpaired) electrons. The molecular formula is C14H18F3N3O3. The van der Waals surface area contributed by atoms with Gasteiger partial charge in [0.2, 0.25) is 5.91 Å². The standard InChI is InChI=1S/C14H18F3N3O3/c1-3-18-12(21)9(2)20-13(22)19-8-10-6-4-5-7-11(10)23-14(15,16)17/h4-7,9H,3,8H2,1-2H3,(H,18,21)(H2,19,20,22). The van der Waals surface area contributed by atoms with Gasteiger partial charge in [0.05, 0.1) is 0 Å². The van der Waals surface area contributed by atoms with Crippen molar-refractivity contribution in [2.75, 3.05) is 6.54 Å². The molecule has 1 aromatic carbocycles. The van der Waals surface area contributed by atoms with Gasteiger partial charge in [0.25, 0.3) is 0 Å². The second kappa shape index (κ2) is 8.25. The van der Waals surface area contributed by atoms with E-state index < -0.39 is 24.2 Å². The quantitative estimate of drug-likeness (QED) is 0.744. The van der Waals surface area contributed by atoms with Crippen molar-refractivity contribution in [3.8, 4) is 5.75 Å². The summed E-state index contributed by atoms with van der Waals surface area (Å²) in [6.45, 7) is 3.47. The monoisotopic (exact) mass is 333 g/mol. The van der Waals surface area contributed by atoms with Crippen LogP contribution in [0.5, 0.6) is 5.75 Å². The van der Waals surface area contributed by atoms with Gasteiger partial charge < -0.3 is 20.7 Å². The molecule has 0 heterocycles. The van der Waals surface area contributed by atoms with Crippen LogP contribution in [-0.4, -0.2) is 30.9 Å². The molecule has 1 aromatic rings. The van der Waals surface area contributed by atoms with Gasteiger partial charge in [-0.05, 0) is 19.9 Å². The van der Waals surface area contributed by atoms with Gasteiger partial charge in [-0.25, -0.2) is 4.79 Å². The molecule has 0 aliphatic rings. The lowest BCUT2D eigenvalue weighted by Crippen LogP contribution is -2.48. The van der Waals surface area contributed by atoms with Crippen LogP contribution in [0.1, 0.15) is 19.4 Å². The molecule has 0 aliphatic carbocycles. The third-order valence-corrected chi connectivity index (χ3v) is 2.73. The van der Waals surface area contributed by atoms with Crippen LogP contribution in [0, 0.1) is 0 Å². The molecule has 0 aromatic heterocycles. The summed E-state index contributed by atoms with van der Waals surface area (Å²) in [4.78, 5) is 23.1. The summed E-state index contributed by atoms with van der Waals surface area (Å²) in [5, 5.41) is 7.29. The van der Waals surface area contributed by atoms with Crippen LogP contribution in [0.25, 0.3) is 0 Å². The number of halogens is 3. The maximum atomic E-state index is 12.3. The summed E-state index contributed by atoms with van der Waals surface area (Å²) in [7, 11) is 0. The molecule has 1 atom stereocenters. The number of carbonyl (C=O) groups is 2. The summed E-state index contributed by atoms with van der Waals surface area (Å²) in [5.41, 5.74) is 0.158. The number of nitrogens with one attached hydrogen (secondary N) is 3. The molecule has 0 spiro atoms. The summed E-state index contributed by atoms with van der Waals surface area (Å²) in [5.74, 6) is -0.750. The van der Waals surface area contributed by atoms with E-state index in [-0.39, 0.29) is 18.0 Å². The fourth-order valence-electron chi connectivity index (χ4n) is 1.69. The second-order valence-corrected chi connectivity index (χ2v) is 4.60. The van der Waals surface area contributed by atoms with E-state index in [1.807, 2.05) is 0 Å². The molecule has 0 saturated heterocycles. The average molecular weight is 333 g/mol. The van der Waals surface area contributed by atoms with E-state index in [0.29, 0.717) is 6.54 Å². The van der Waals surface area contributed by atoms with Crippen LogP contribution < -0.4 is 20.7 Å². The zero-order chi connectivity index (χ0) is 17.5. The van der Waals surface area contributed by atoms with E-state index in [2.05, 4.69) is 20.7 Å². The van der Waals surface area contributed by atoms with Crippen molar-refractivity contribution < 1.29 is 27.5 Å². The molecule has 0 aliphatic heterocycles. The van der Waals surface area contributed by atoms with Gasteiger partial charge >= 0.3 is 12.4 Å². The average Bonchev–Trinajstić information content (AvgIpc) is 2.45. The SMILES string of the molecule is CCNC(=O)C(C)NC(=O)NCc1ccccc1OC(F)(F)F. The van der Waals surface area contributed by atoms with Gasteiger partial charge in [0.1, 0.15) is 11.8 Å². The van der Waals surface area contributed by atoms with E-state index >= 15 is 0 Å². The first kappa shape index (κ1) is 18.6. The number of hydrogen-bond donors (Lipinski definition) is 3. The highest BCUT2D eigenvalue weighted by molar-refractivity contribution is 5.86. The normalized spacial score (nSPS) is 12.2. The molecule has 1 rings (SSSR count). The first-order valence-electron chi connectivity index (χ1n) is 6.88. The van der Waals surface area contributed by atoms with E-state index in [1.54, 1.807) is 6.92 Å². The third-order valence-electron chi connectivity index (χ3n) is 2.73. The molecule has 9 heteroatoms. The first-order valence-corrected chi connectivity index (χ1v) is 6.88. The number of urea groups is 1. The second-order valence-electron chi connectivity index (χ2n) is 4.60. The fourth-order valence-corrected chi connectivity index (χ4v) is 1.69. The molecule has 0 bridgehead atoms. The number of rotatable bonds is 6. The van der Waals surface area contributed by atoms with Crippen LogP contribution >= 0.6 is 0 Å². The number of hydrogen-bond acceptors (Lipinski definition) is 3. The van der Waals surface area contributed by atoms with Crippen LogP contribution in [-0.2, 0) is 11.3 Å². The van der Waals surface area contributed by atoms with Crippen molar-refractivity contribution >= 4 is 11.9 Å². The molecule has 0 fully saturated rings. The zero-order valence-electron chi connectivity index (χ0n) is 12.7. The van der Waals surface area contributed by atoms with E-state index in [4.69, 9.17) is 0 Å². The maximum absolute atomic E-state index is 12.3. The van der Waals surface area contributed by atoms with Crippen LogP contribution in [0.2, 0.25) is 0 Å². The van der Waals surface area contributed by atoms with Gasteiger partial charge in [-0.1, -0.05) is 18.2 Å². The van der Waals surface area contributed by atoms with Crippen molar-refractivity contribution in [2.45, 2.75) is 32.8 Å². The summed E-state index contributed by atoms with van der Waals surface area (Å²) in [6.07, 6.45) is -4.81. The molecule has 23 heavy (non-hydrogen) atoms. The predicted octanol–water partition coefficient (Wildman–Crippen LogP) is 1.91. The van der Waals surface area contributed by atoms with E-state index in [1.165, 1.54) is 25.1 Å². The van der Waals surface area contributed by atoms with Gasteiger partial charge in [-0.3, -0.25) is 4.79 Å². The minimum absolute atomic E-state index is 0.158. The Kier molecular flexibility index (Phi) is 6.67. The highest BCUT2D eigenvalue weighted by Gasteiger charge is 2.32. The number of para-hydroxylation sites is 1. The lowest BCUT2D eigenvalue weighted by molar-refractivity contribution is -0.274. The smallest absolute Gasteiger partial charge is 0.405 e. The minimum atomic E-state index is -4.81. The Bertz CT molecular complexity index is 550. The molecule has 1 unspecified atom stereocenters. The first-order chi connectivity index (χ1) is 10.7. The van der Waals surface area contributed by atoms with Gasteiger partial charge in [-0.15, -0.1) is 13.2 Å². The van der Waals surface area contributed by atoms with Crippen molar-refractivity contribution in [1.29, 1.82) is 0 Å². The fraction of sp³-hybridized carbons (Fsp3) is 0.429. The van der Waals surface area contributed by atoms with Crippen molar-refractivity contribution in [1.82, 2.24) is 16.0 Å². The lowest BCUT2D eigenvalue weighted by atomic mass is 10.2. The molecule has 6 nitrogen and oxygen atoms in total. The van der Waals surface area contributed by atoms with Crippen molar-refractivity contribution in [2.24, 2.45) is 0 Å². The number of benzene rings is 1. The lowest BCUT2D eigenvalue weighted by Gasteiger charge is -2.16. The highest BCUT2D eigenvalue weighted by Crippen LogP contribution is 2.25. The molecule has 0 saturated carbocycles. The van der Waals surface area contributed by atoms with E-state index in [9.17, 15) is 22.8 Å². The minimum Gasteiger partial charge on any atom is -0.405 e. The number of ether oxygens (including phenoxy) is 1. The van der Waals surface area contributed by atoms with Gasteiger partial charge in [0.15, 0.2) is 0 Å². The molecule has 128 valence electrons. The Morgan fingerprint density at radius 1 is 1.22 bits per heavy atom. The molecule has 3 N–H and O–H groups in total. The van der Waals surface area contributed by atoms with Crippen LogP contribution in [0.4, 0.5) is 18.0 Å². The summed E-state index contributed by atoms with van der Waals surface area (Å²) in [6, 6.07) is 4.02.